The summed E-state index contributed by atoms with van der Waals surface area (Å²) in [6.07, 6.45) is -3.94. The van der Waals surface area contributed by atoms with Crippen molar-refractivity contribution in [1.29, 1.82) is 0 Å². The lowest BCUT2D eigenvalue weighted by Crippen LogP contribution is -2.34. The van der Waals surface area contributed by atoms with E-state index in [1.807, 2.05) is 5.32 Å². The number of carbonyl (C=O) groups excluding carboxylic acids is 2. The van der Waals surface area contributed by atoms with Crippen molar-refractivity contribution in [3.63, 3.8) is 0 Å². The summed E-state index contributed by atoms with van der Waals surface area (Å²) in [5.74, 6) is -1.18. The van der Waals surface area contributed by atoms with E-state index < -0.39 is 39.9 Å². The van der Waals surface area contributed by atoms with Crippen LogP contribution in [0.25, 0.3) is 0 Å². The Morgan fingerprint density at radius 1 is 1.06 bits per heavy atom. The quantitative estimate of drug-likeness (QED) is 0.314. The van der Waals surface area contributed by atoms with Gasteiger partial charge in [-0.15, -0.1) is 0 Å². The number of ether oxygens (including phenoxy) is 1. The van der Waals surface area contributed by atoms with Gasteiger partial charge in [0.25, 0.3) is 5.91 Å². The summed E-state index contributed by atoms with van der Waals surface area (Å²) >= 11 is 11.8. The molecule has 3 amide bonds. The summed E-state index contributed by atoms with van der Waals surface area (Å²) in [5, 5.41) is 15.1. The van der Waals surface area contributed by atoms with Gasteiger partial charge in [-0.05, 0) is 36.4 Å². The molecule has 0 atom stereocenters. The number of anilines is 1. The molecule has 1 aromatic heterocycles. The van der Waals surface area contributed by atoms with Gasteiger partial charge in [0.1, 0.15) is 16.3 Å². The maximum atomic E-state index is 12.6. The van der Waals surface area contributed by atoms with Gasteiger partial charge in [-0.3, -0.25) is 20.2 Å². The predicted octanol–water partition coefficient (Wildman–Crippen LogP) is 6.07. The van der Waals surface area contributed by atoms with E-state index >= 15 is 0 Å². The number of amides is 3. The molecule has 0 aliphatic carbocycles. The van der Waals surface area contributed by atoms with E-state index in [0.717, 1.165) is 18.2 Å². The molecule has 34 heavy (non-hydrogen) atoms. The zero-order valence-corrected chi connectivity index (χ0v) is 18.0. The molecular weight excluding hydrogens is 504 g/mol. The number of para-hydroxylation sites is 1. The van der Waals surface area contributed by atoms with Crippen molar-refractivity contribution in [2.45, 2.75) is 6.18 Å². The number of pyridine rings is 1. The zero-order valence-electron chi connectivity index (χ0n) is 16.5. The summed E-state index contributed by atoms with van der Waals surface area (Å²) in [4.78, 5) is 38.3. The Labute approximate surface area is 198 Å². The predicted molar refractivity (Wildman–Crippen MR) is 115 cm³/mol. The molecule has 0 saturated carbocycles. The Bertz CT molecular complexity index is 1270. The smallest absolute Gasteiger partial charge is 0.417 e. The molecule has 9 nitrogen and oxygen atoms in total. The van der Waals surface area contributed by atoms with Crippen molar-refractivity contribution >= 4 is 46.5 Å². The third-order valence-corrected chi connectivity index (χ3v) is 4.71. The fourth-order valence-electron chi connectivity index (χ4n) is 2.60. The first-order chi connectivity index (χ1) is 16.0. The topological polar surface area (TPSA) is 123 Å². The lowest BCUT2D eigenvalue weighted by molar-refractivity contribution is -0.385. The third kappa shape index (κ3) is 5.91. The van der Waals surface area contributed by atoms with E-state index in [4.69, 9.17) is 27.9 Å². The molecule has 0 radical (unpaired) electrons. The highest BCUT2D eigenvalue weighted by Gasteiger charge is 2.30. The van der Waals surface area contributed by atoms with Gasteiger partial charge in [0.15, 0.2) is 0 Å². The molecule has 0 bridgehead atoms. The standard InChI is InChI=1S/C20H11Cl2F3N4O5/c21-13-3-1-2-12(17(13)29(32)33)18(30)28-19(31)27-11-5-6-15(14(22)8-11)34-16-7-4-10(9-26-16)20(23,24)25/h1-9H,(H2,27,28,30,31). The van der Waals surface area contributed by atoms with Crippen molar-refractivity contribution in [3.05, 3.63) is 86.0 Å². The van der Waals surface area contributed by atoms with E-state index in [1.165, 1.54) is 30.3 Å². The largest absolute Gasteiger partial charge is 0.437 e. The number of halogens is 5. The minimum Gasteiger partial charge on any atom is -0.437 e. The highest BCUT2D eigenvalue weighted by Crippen LogP contribution is 2.33. The number of hydrogen-bond acceptors (Lipinski definition) is 6. The van der Waals surface area contributed by atoms with E-state index in [2.05, 4.69) is 10.3 Å². The summed E-state index contributed by atoms with van der Waals surface area (Å²) in [6, 6.07) is 8.33. The Hall–Kier alpha value is -3.90. The number of aromatic nitrogens is 1. The van der Waals surface area contributed by atoms with Crippen LogP contribution in [0.5, 0.6) is 11.6 Å². The molecular formula is C20H11Cl2F3N4O5. The van der Waals surface area contributed by atoms with Gasteiger partial charge in [-0.1, -0.05) is 29.3 Å². The molecule has 3 rings (SSSR count). The molecule has 0 fully saturated rings. The average Bonchev–Trinajstić information content (AvgIpc) is 2.74. The van der Waals surface area contributed by atoms with Crippen LogP contribution >= 0.6 is 23.2 Å². The van der Waals surface area contributed by atoms with E-state index in [9.17, 15) is 32.9 Å². The SMILES string of the molecule is O=C(NC(=O)c1cccc(Cl)c1[N+](=O)[O-])Nc1ccc(Oc2ccc(C(F)(F)F)cn2)c(Cl)c1. The normalized spacial score (nSPS) is 11.0. The molecule has 0 saturated heterocycles. The highest BCUT2D eigenvalue weighted by atomic mass is 35.5. The number of hydrogen-bond donors (Lipinski definition) is 2. The van der Waals surface area contributed by atoms with Gasteiger partial charge >= 0.3 is 17.9 Å². The number of nitro benzene ring substituents is 1. The van der Waals surface area contributed by atoms with Crippen LogP contribution in [-0.4, -0.2) is 21.8 Å². The zero-order chi connectivity index (χ0) is 25.0. The second-order valence-corrected chi connectivity index (χ2v) is 7.25. The van der Waals surface area contributed by atoms with Gasteiger partial charge in [0.2, 0.25) is 5.88 Å². The number of rotatable bonds is 5. The monoisotopic (exact) mass is 514 g/mol. The third-order valence-electron chi connectivity index (χ3n) is 4.11. The second-order valence-electron chi connectivity index (χ2n) is 6.43. The van der Waals surface area contributed by atoms with Crippen LogP contribution in [0.1, 0.15) is 15.9 Å². The minimum absolute atomic E-state index is 0.0312. The number of nitrogens with one attached hydrogen (secondary N) is 2. The number of benzene rings is 2. The van der Waals surface area contributed by atoms with E-state index in [1.54, 1.807) is 0 Å². The van der Waals surface area contributed by atoms with E-state index in [0.29, 0.717) is 6.20 Å². The number of nitrogens with zero attached hydrogens (tertiary/aromatic N) is 2. The fourth-order valence-corrected chi connectivity index (χ4v) is 3.06. The number of imide groups is 1. The van der Waals surface area contributed by atoms with E-state index in [-0.39, 0.29) is 27.4 Å². The van der Waals surface area contributed by atoms with Crippen LogP contribution in [-0.2, 0) is 6.18 Å². The molecule has 2 N–H and O–H groups in total. The van der Waals surface area contributed by atoms with Crippen LogP contribution < -0.4 is 15.4 Å². The summed E-state index contributed by atoms with van der Waals surface area (Å²) in [6.45, 7) is 0. The molecule has 176 valence electrons. The summed E-state index contributed by atoms with van der Waals surface area (Å²) in [5.41, 5.74) is -1.91. The first kappa shape index (κ1) is 24.7. The van der Waals surface area contributed by atoms with Crippen molar-refractivity contribution < 1.29 is 32.4 Å². The number of urea groups is 1. The maximum Gasteiger partial charge on any atom is 0.417 e. The van der Waals surface area contributed by atoms with Gasteiger partial charge in [0, 0.05) is 18.0 Å². The highest BCUT2D eigenvalue weighted by molar-refractivity contribution is 6.33. The molecule has 0 aliphatic rings. The minimum atomic E-state index is -4.55. The number of nitro groups is 1. The molecule has 1 heterocycles. The first-order valence-electron chi connectivity index (χ1n) is 9.01. The van der Waals surface area contributed by atoms with Crippen LogP contribution in [0.2, 0.25) is 10.0 Å². The average molecular weight is 515 g/mol. The molecule has 14 heteroatoms. The van der Waals surface area contributed by atoms with Gasteiger partial charge in [-0.2, -0.15) is 13.2 Å². The van der Waals surface area contributed by atoms with Crippen molar-refractivity contribution in [2.75, 3.05) is 5.32 Å². The Morgan fingerprint density at radius 2 is 1.79 bits per heavy atom. The van der Waals surface area contributed by atoms with Crippen LogP contribution in [0.4, 0.5) is 29.3 Å². The van der Waals surface area contributed by atoms with Gasteiger partial charge in [-0.25, -0.2) is 9.78 Å². The molecule has 0 spiro atoms. The molecule has 0 aliphatic heterocycles. The molecule has 3 aromatic rings. The maximum absolute atomic E-state index is 12.6. The summed E-state index contributed by atoms with van der Waals surface area (Å²) < 4.78 is 43.2. The Balaban J connectivity index is 1.66. The number of carbonyl (C=O) groups is 2. The Kier molecular flexibility index (Phi) is 7.23. The van der Waals surface area contributed by atoms with Gasteiger partial charge < -0.3 is 10.1 Å². The Morgan fingerprint density at radius 3 is 2.38 bits per heavy atom. The molecule has 2 aromatic carbocycles. The van der Waals surface area contributed by atoms with Crippen LogP contribution in [0.3, 0.4) is 0 Å². The summed E-state index contributed by atoms with van der Waals surface area (Å²) in [7, 11) is 0. The van der Waals surface area contributed by atoms with Crippen molar-refractivity contribution in [3.8, 4) is 11.6 Å². The first-order valence-corrected chi connectivity index (χ1v) is 9.77. The fraction of sp³-hybridized carbons (Fsp3) is 0.0500. The van der Waals surface area contributed by atoms with Crippen LogP contribution in [0, 0.1) is 10.1 Å². The molecule has 0 unspecified atom stereocenters. The van der Waals surface area contributed by atoms with Gasteiger partial charge in [0.05, 0.1) is 15.5 Å². The van der Waals surface area contributed by atoms with Crippen molar-refractivity contribution in [2.24, 2.45) is 0 Å². The van der Waals surface area contributed by atoms with Crippen LogP contribution in [0.15, 0.2) is 54.7 Å². The number of alkyl halides is 3. The second kappa shape index (κ2) is 9.93. The lowest BCUT2D eigenvalue weighted by Gasteiger charge is -2.11. The lowest BCUT2D eigenvalue weighted by atomic mass is 10.1. The van der Waals surface area contributed by atoms with Crippen molar-refractivity contribution in [1.82, 2.24) is 10.3 Å².